The van der Waals surface area contributed by atoms with Crippen LogP contribution in [0.25, 0.3) is 0 Å². The van der Waals surface area contributed by atoms with Gasteiger partial charge in [-0.25, -0.2) is 0 Å². The van der Waals surface area contributed by atoms with E-state index in [1.54, 1.807) is 0 Å². The highest BCUT2D eigenvalue weighted by Gasteiger charge is 2.19. The summed E-state index contributed by atoms with van der Waals surface area (Å²) in [4.78, 5) is 38.3. The summed E-state index contributed by atoms with van der Waals surface area (Å²) in [5, 5.41) is 0. The number of hydrogen-bond acceptors (Lipinski definition) is 6. The first-order chi connectivity index (χ1) is 33.8. The minimum atomic E-state index is -0.763. The summed E-state index contributed by atoms with van der Waals surface area (Å²) in [5.41, 5.74) is 0. The van der Waals surface area contributed by atoms with Gasteiger partial charge in [0.05, 0.1) is 0 Å². The van der Waals surface area contributed by atoms with Gasteiger partial charge in [-0.1, -0.05) is 317 Å². The standard InChI is InChI=1S/C63H122O6/c1-6-8-9-10-11-12-13-14-15-16-17-23-28-33-38-43-48-53-61(64)67-56-60(57-68-62(65)54-49-44-39-34-29-25-20-21-26-31-36-41-46-51-58(3)4)69-63(66)55-50-45-40-35-30-24-19-18-22-27-32-37-42-47-52-59(5)7-2/h58-60H,6-57H2,1-5H3/t59?,60-/m1/s1. The van der Waals surface area contributed by atoms with E-state index >= 15 is 0 Å². The molecule has 0 aromatic heterocycles. The molecule has 0 aromatic carbocycles. The number of esters is 3. The minimum absolute atomic E-state index is 0.0620. The molecular formula is C63H122O6. The predicted octanol–water partition coefficient (Wildman–Crippen LogP) is 20.8. The van der Waals surface area contributed by atoms with Gasteiger partial charge >= 0.3 is 17.9 Å². The largest absolute Gasteiger partial charge is 0.462 e. The molecule has 0 aliphatic heterocycles. The van der Waals surface area contributed by atoms with Crippen molar-refractivity contribution in [2.75, 3.05) is 13.2 Å². The zero-order valence-corrected chi connectivity index (χ0v) is 47.5. The lowest BCUT2D eigenvalue weighted by Gasteiger charge is -2.18. The Hall–Kier alpha value is -1.59. The van der Waals surface area contributed by atoms with E-state index in [1.165, 1.54) is 244 Å². The Balaban J connectivity index is 4.30. The molecule has 1 unspecified atom stereocenters. The maximum atomic E-state index is 12.9. The number of carbonyl (C=O) groups is 3. The Bertz CT molecular complexity index is 1060. The summed E-state index contributed by atoms with van der Waals surface area (Å²) in [6.07, 6.45) is 60.9. The fourth-order valence-electron chi connectivity index (χ4n) is 9.73. The van der Waals surface area contributed by atoms with Crippen molar-refractivity contribution in [2.45, 2.75) is 362 Å². The highest BCUT2D eigenvalue weighted by molar-refractivity contribution is 5.71. The molecule has 0 rings (SSSR count). The van der Waals surface area contributed by atoms with Crippen LogP contribution in [0.2, 0.25) is 0 Å². The molecule has 0 fully saturated rings. The number of hydrogen-bond donors (Lipinski definition) is 0. The minimum Gasteiger partial charge on any atom is -0.462 e. The first-order valence-corrected chi connectivity index (χ1v) is 31.3. The van der Waals surface area contributed by atoms with Crippen LogP contribution in [0.4, 0.5) is 0 Å². The van der Waals surface area contributed by atoms with Crippen molar-refractivity contribution in [1.29, 1.82) is 0 Å². The van der Waals surface area contributed by atoms with Gasteiger partial charge in [-0.15, -0.1) is 0 Å². The Labute approximate surface area is 431 Å². The number of unbranched alkanes of at least 4 members (excludes halogenated alkanes) is 41. The maximum Gasteiger partial charge on any atom is 0.306 e. The first-order valence-electron chi connectivity index (χ1n) is 31.3. The molecule has 0 bridgehead atoms. The Morgan fingerprint density at radius 3 is 0.826 bits per heavy atom. The highest BCUT2D eigenvalue weighted by atomic mass is 16.6. The zero-order valence-electron chi connectivity index (χ0n) is 47.5. The normalized spacial score (nSPS) is 12.4. The molecule has 6 heteroatoms. The third-order valence-electron chi connectivity index (χ3n) is 14.8. The SMILES string of the molecule is CCCCCCCCCCCCCCCCCCCC(=O)OC[C@H](COC(=O)CCCCCCCCCCCCCCCC(C)C)OC(=O)CCCCCCCCCCCCCCCCC(C)CC. The van der Waals surface area contributed by atoms with E-state index < -0.39 is 6.10 Å². The van der Waals surface area contributed by atoms with Crippen LogP contribution < -0.4 is 0 Å². The molecule has 0 heterocycles. The third-order valence-corrected chi connectivity index (χ3v) is 14.8. The molecule has 0 aliphatic carbocycles. The molecular weight excluding hydrogens is 853 g/mol. The van der Waals surface area contributed by atoms with Gasteiger partial charge in [-0.3, -0.25) is 14.4 Å². The maximum absolute atomic E-state index is 12.9. The second-order valence-electron chi connectivity index (χ2n) is 22.4. The molecule has 0 amide bonds. The highest BCUT2D eigenvalue weighted by Crippen LogP contribution is 2.19. The first kappa shape index (κ1) is 67.4. The lowest BCUT2D eigenvalue weighted by atomic mass is 9.99. The van der Waals surface area contributed by atoms with Gasteiger partial charge in [0, 0.05) is 19.3 Å². The van der Waals surface area contributed by atoms with Gasteiger partial charge in [0.1, 0.15) is 13.2 Å². The van der Waals surface area contributed by atoms with Crippen LogP contribution in [0.3, 0.4) is 0 Å². The summed E-state index contributed by atoms with van der Waals surface area (Å²) in [5.74, 6) is 0.901. The van der Waals surface area contributed by atoms with Gasteiger partial charge in [-0.05, 0) is 31.1 Å². The predicted molar refractivity (Wildman–Crippen MR) is 298 cm³/mol. The Morgan fingerprint density at radius 2 is 0.551 bits per heavy atom. The van der Waals surface area contributed by atoms with Gasteiger partial charge in [0.25, 0.3) is 0 Å². The van der Waals surface area contributed by atoms with Crippen molar-refractivity contribution in [3.8, 4) is 0 Å². The average molecular weight is 976 g/mol. The van der Waals surface area contributed by atoms with Crippen LogP contribution in [0, 0.1) is 11.8 Å². The van der Waals surface area contributed by atoms with E-state index in [9.17, 15) is 14.4 Å². The van der Waals surface area contributed by atoms with E-state index in [2.05, 4.69) is 34.6 Å². The molecule has 410 valence electrons. The number of ether oxygens (including phenoxy) is 3. The van der Waals surface area contributed by atoms with Crippen molar-refractivity contribution < 1.29 is 28.6 Å². The topological polar surface area (TPSA) is 78.9 Å². The number of carbonyl (C=O) groups excluding carboxylic acids is 3. The molecule has 0 spiro atoms. The van der Waals surface area contributed by atoms with Crippen molar-refractivity contribution in [2.24, 2.45) is 11.8 Å². The van der Waals surface area contributed by atoms with Gasteiger partial charge < -0.3 is 14.2 Å². The molecule has 69 heavy (non-hydrogen) atoms. The van der Waals surface area contributed by atoms with Crippen molar-refractivity contribution in [1.82, 2.24) is 0 Å². The van der Waals surface area contributed by atoms with E-state index in [4.69, 9.17) is 14.2 Å². The van der Waals surface area contributed by atoms with E-state index in [-0.39, 0.29) is 31.1 Å². The molecule has 0 radical (unpaired) electrons. The Morgan fingerprint density at radius 1 is 0.304 bits per heavy atom. The summed E-state index contributed by atoms with van der Waals surface area (Å²) in [7, 11) is 0. The monoisotopic (exact) mass is 975 g/mol. The van der Waals surface area contributed by atoms with Gasteiger partial charge in [-0.2, -0.15) is 0 Å². The van der Waals surface area contributed by atoms with Crippen molar-refractivity contribution >= 4 is 17.9 Å². The molecule has 0 aliphatic rings. The van der Waals surface area contributed by atoms with E-state index in [0.29, 0.717) is 19.3 Å². The van der Waals surface area contributed by atoms with Crippen LogP contribution in [0.5, 0.6) is 0 Å². The lowest BCUT2D eigenvalue weighted by Crippen LogP contribution is -2.30. The second kappa shape index (κ2) is 55.7. The molecule has 0 aromatic rings. The summed E-state index contributed by atoms with van der Waals surface area (Å²) < 4.78 is 17.0. The summed E-state index contributed by atoms with van der Waals surface area (Å²) in [6.45, 7) is 11.5. The average Bonchev–Trinajstić information content (AvgIpc) is 3.34. The Kier molecular flexibility index (Phi) is 54.4. The van der Waals surface area contributed by atoms with Crippen LogP contribution in [-0.4, -0.2) is 37.2 Å². The van der Waals surface area contributed by atoms with Crippen molar-refractivity contribution in [3.63, 3.8) is 0 Å². The summed E-state index contributed by atoms with van der Waals surface area (Å²) >= 11 is 0. The second-order valence-corrected chi connectivity index (χ2v) is 22.4. The molecule has 2 atom stereocenters. The smallest absolute Gasteiger partial charge is 0.306 e. The summed E-state index contributed by atoms with van der Waals surface area (Å²) in [6, 6.07) is 0. The fraction of sp³-hybridized carbons (Fsp3) is 0.952. The zero-order chi connectivity index (χ0) is 50.4. The van der Waals surface area contributed by atoms with Crippen molar-refractivity contribution in [3.05, 3.63) is 0 Å². The van der Waals surface area contributed by atoms with Crippen LogP contribution in [0.15, 0.2) is 0 Å². The lowest BCUT2D eigenvalue weighted by molar-refractivity contribution is -0.167. The molecule has 0 saturated carbocycles. The van der Waals surface area contributed by atoms with Crippen LogP contribution in [0.1, 0.15) is 356 Å². The van der Waals surface area contributed by atoms with E-state index in [1.807, 2.05) is 0 Å². The van der Waals surface area contributed by atoms with E-state index in [0.717, 1.165) is 69.6 Å². The fourth-order valence-corrected chi connectivity index (χ4v) is 9.73. The third kappa shape index (κ3) is 55.6. The number of rotatable bonds is 57. The molecule has 6 nitrogen and oxygen atoms in total. The quantitative estimate of drug-likeness (QED) is 0.0343. The molecule has 0 saturated heterocycles. The van der Waals surface area contributed by atoms with Crippen LogP contribution in [-0.2, 0) is 28.6 Å². The van der Waals surface area contributed by atoms with Gasteiger partial charge in [0.15, 0.2) is 6.10 Å². The van der Waals surface area contributed by atoms with Crippen LogP contribution >= 0.6 is 0 Å². The van der Waals surface area contributed by atoms with Gasteiger partial charge in [0.2, 0.25) is 0 Å². The molecule has 0 N–H and O–H groups in total.